The first-order chi connectivity index (χ1) is 10.5. The van der Waals surface area contributed by atoms with Crippen LogP contribution in [-0.2, 0) is 9.59 Å². The molecule has 1 saturated heterocycles. The van der Waals surface area contributed by atoms with E-state index in [0.717, 1.165) is 12.2 Å². The number of amides is 1. The van der Waals surface area contributed by atoms with Crippen LogP contribution in [0.4, 0.5) is 0 Å². The van der Waals surface area contributed by atoms with Gasteiger partial charge in [0.25, 0.3) is 0 Å². The van der Waals surface area contributed by atoms with E-state index in [-0.39, 0.29) is 5.91 Å². The van der Waals surface area contributed by atoms with Crippen molar-refractivity contribution >= 4 is 11.9 Å². The lowest BCUT2D eigenvalue weighted by Gasteiger charge is -2.21. The predicted molar refractivity (Wildman–Crippen MR) is 83.0 cm³/mol. The van der Waals surface area contributed by atoms with Crippen molar-refractivity contribution in [1.82, 2.24) is 4.90 Å². The standard InChI is InChI=1S/C17H23NO4/c1-12-7-8-14(11-13(12)2)22-10-4-6-16(19)18-9-3-5-15(18)17(20)21/h7-8,11,15H,3-6,9-10H2,1-2H3,(H,20,21). The van der Waals surface area contributed by atoms with Gasteiger partial charge >= 0.3 is 5.97 Å². The van der Waals surface area contributed by atoms with Crippen LogP contribution in [-0.4, -0.2) is 41.1 Å². The van der Waals surface area contributed by atoms with Crippen LogP contribution < -0.4 is 4.74 Å². The summed E-state index contributed by atoms with van der Waals surface area (Å²) in [5.74, 6) is -0.189. The van der Waals surface area contributed by atoms with E-state index in [1.54, 1.807) is 0 Å². The van der Waals surface area contributed by atoms with Gasteiger partial charge in [0.15, 0.2) is 0 Å². The summed E-state index contributed by atoms with van der Waals surface area (Å²) in [5.41, 5.74) is 2.39. The SMILES string of the molecule is Cc1ccc(OCCCC(=O)N2CCCC2C(=O)O)cc1C. The van der Waals surface area contributed by atoms with Crippen LogP contribution in [0.5, 0.6) is 5.75 Å². The van der Waals surface area contributed by atoms with Crippen molar-refractivity contribution in [3.63, 3.8) is 0 Å². The highest BCUT2D eigenvalue weighted by molar-refractivity contribution is 5.84. The number of carboxylic acid groups (broad SMARTS) is 1. The molecule has 1 aliphatic rings. The zero-order valence-corrected chi connectivity index (χ0v) is 13.2. The zero-order chi connectivity index (χ0) is 16.1. The number of carbonyl (C=O) groups excluding carboxylic acids is 1. The fourth-order valence-electron chi connectivity index (χ4n) is 2.68. The molecule has 1 unspecified atom stereocenters. The summed E-state index contributed by atoms with van der Waals surface area (Å²) >= 11 is 0. The average molecular weight is 305 g/mol. The molecule has 0 saturated carbocycles. The Balaban J connectivity index is 1.75. The Bertz CT molecular complexity index is 556. The summed E-state index contributed by atoms with van der Waals surface area (Å²) in [6.07, 6.45) is 2.24. The highest BCUT2D eigenvalue weighted by Crippen LogP contribution is 2.19. The minimum Gasteiger partial charge on any atom is -0.494 e. The number of carbonyl (C=O) groups is 2. The van der Waals surface area contributed by atoms with Crippen molar-refractivity contribution < 1.29 is 19.4 Å². The molecule has 1 amide bonds. The Hall–Kier alpha value is -2.04. The Kier molecular flexibility index (Phi) is 5.41. The maximum atomic E-state index is 12.1. The van der Waals surface area contributed by atoms with Crippen LogP contribution in [0.15, 0.2) is 18.2 Å². The predicted octanol–water partition coefficient (Wildman–Crippen LogP) is 2.54. The summed E-state index contributed by atoms with van der Waals surface area (Å²) in [6, 6.07) is 5.27. The molecular weight excluding hydrogens is 282 g/mol. The lowest BCUT2D eigenvalue weighted by Crippen LogP contribution is -2.40. The molecule has 0 aromatic heterocycles. The number of benzene rings is 1. The van der Waals surface area contributed by atoms with Crippen LogP contribution in [0.3, 0.4) is 0 Å². The van der Waals surface area contributed by atoms with Crippen LogP contribution in [0.25, 0.3) is 0 Å². The van der Waals surface area contributed by atoms with Gasteiger partial charge in [0.2, 0.25) is 5.91 Å². The number of hydrogen-bond donors (Lipinski definition) is 1. The zero-order valence-electron chi connectivity index (χ0n) is 13.2. The number of hydrogen-bond acceptors (Lipinski definition) is 3. The third-order valence-electron chi connectivity index (χ3n) is 4.14. The lowest BCUT2D eigenvalue weighted by atomic mass is 10.1. The Morgan fingerprint density at radius 1 is 1.32 bits per heavy atom. The molecule has 0 radical (unpaired) electrons. The maximum Gasteiger partial charge on any atom is 0.326 e. The van der Waals surface area contributed by atoms with Gasteiger partial charge in [0.05, 0.1) is 6.61 Å². The van der Waals surface area contributed by atoms with Crippen molar-refractivity contribution in [3.8, 4) is 5.75 Å². The quantitative estimate of drug-likeness (QED) is 0.820. The number of carboxylic acids is 1. The van der Waals surface area contributed by atoms with Crippen molar-refractivity contribution in [2.24, 2.45) is 0 Å². The molecule has 22 heavy (non-hydrogen) atoms. The number of rotatable bonds is 6. The van der Waals surface area contributed by atoms with Crippen LogP contribution in [0.2, 0.25) is 0 Å². The average Bonchev–Trinajstić information content (AvgIpc) is 2.97. The normalized spacial score (nSPS) is 17.5. The Morgan fingerprint density at radius 2 is 2.09 bits per heavy atom. The first-order valence-electron chi connectivity index (χ1n) is 7.71. The third kappa shape index (κ3) is 4.00. The summed E-state index contributed by atoms with van der Waals surface area (Å²) in [7, 11) is 0. The molecule has 5 heteroatoms. The lowest BCUT2D eigenvalue weighted by molar-refractivity contribution is -0.148. The van der Waals surface area contributed by atoms with Crippen molar-refractivity contribution in [2.75, 3.05) is 13.2 Å². The van der Waals surface area contributed by atoms with Gasteiger partial charge < -0.3 is 14.7 Å². The summed E-state index contributed by atoms with van der Waals surface area (Å²) < 4.78 is 5.64. The van der Waals surface area contributed by atoms with E-state index in [4.69, 9.17) is 9.84 Å². The number of nitrogens with zero attached hydrogens (tertiary/aromatic N) is 1. The first kappa shape index (κ1) is 16.3. The van der Waals surface area contributed by atoms with Gasteiger partial charge in [-0.1, -0.05) is 6.07 Å². The Morgan fingerprint density at radius 3 is 2.77 bits per heavy atom. The number of aryl methyl sites for hydroxylation is 2. The maximum absolute atomic E-state index is 12.1. The van der Waals surface area contributed by atoms with Gasteiger partial charge in [0, 0.05) is 13.0 Å². The second-order valence-corrected chi connectivity index (χ2v) is 5.78. The molecular formula is C17H23NO4. The molecule has 1 N–H and O–H groups in total. The summed E-state index contributed by atoms with van der Waals surface area (Å²) in [5, 5.41) is 9.08. The van der Waals surface area contributed by atoms with Crippen molar-refractivity contribution in [2.45, 2.75) is 45.6 Å². The molecule has 1 heterocycles. The monoisotopic (exact) mass is 305 g/mol. The third-order valence-corrected chi connectivity index (χ3v) is 4.14. The second kappa shape index (κ2) is 7.29. The molecule has 1 aliphatic heterocycles. The second-order valence-electron chi connectivity index (χ2n) is 5.78. The molecule has 120 valence electrons. The first-order valence-corrected chi connectivity index (χ1v) is 7.71. The molecule has 1 aromatic carbocycles. The van der Waals surface area contributed by atoms with Crippen molar-refractivity contribution in [3.05, 3.63) is 29.3 Å². The van der Waals surface area contributed by atoms with Crippen molar-refractivity contribution in [1.29, 1.82) is 0 Å². The topological polar surface area (TPSA) is 66.8 Å². The van der Waals surface area contributed by atoms with E-state index in [0.29, 0.717) is 32.4 Å². The van der Waals surface area contributed by atoms with Crippen LogP contribution in [0.1, 0.15) is 36.8 Å². The van der Waals surface area contributed by atoms with Gasteiger partial charge in [-0.15, -0.1) is 0 Å². The molecule has 2 rings (SSSR count). The molecule has 0 bridgehead atoms. The number of aliphatic carboxylic acids is 1. The number of likely N-dealkylation sites (tertiary alicyclic amines) is 1. The molecule has 0 spiro atoms. The Labute approximate surface area is 130 Å². The minimum atomic E-state index is -0.905. The van der Waals surface area contributed by atoms with E-state index in [9.17, 15) is 9.59 Å². The molecule has 1 fully saturated rings. The van der Waals surface area contributed by atoms with E-state index in [1.165, 1.54) is 16.0 Å². The van der Waals surface area contributed by atoms with E-state index in [2.05, 4.69) is 0 Å². The molecule has 5 nitrogen and oxygen atoms in total. The van der Waals surface area contributed by atoms with Gasteiger partial charge in [-0.05, 0) is 56.4 Å². The summed E-state index contributed by atoms with van der Waals surface area (Å²) in [4.78, 5) is 24.6. The fraction of sp³-hybridized carbons (Fsp3) is 0.529. The highest BCUT2D eigenvalue weighted by Gasteiger charge is 2.33. The molecule has 1 atom stereocenters. The smallest absolute Gasteiger partial charge is 0.326 e. The van der Waals surface area contributed by atoms with E-state index in [1.807, 2.05) is 32.0 Å². The highest BCUT2D eigenvalue weighted by atomic mass is 16.5. The molecule has 0 aliphatic carbocycles. The van der Waals surface area contributed by atoms with E-state index >= 15 is 0 Å². The van der Waals surface area contributed by atoms with Gasteiger partial charge in [-0.25, -0.2) is 4.79 Å². The minimum absolute atomic E-state index is 0.0893. The van der Waals surface area contributed by atoms with Crippen LogP contribution in [0, 0.1) is 13.8 Å². The number of ether oxygens (including phenoxy) is 1. The molecule has 1 aromatic rings. The van der Waals surface area contributed by atoms with E-state index < -0.39 is 12.0 Å². The van der Waals surface area contributed by atoms with Gasteiger partial charge in [0.1, 0.15) is 11.8 Å². The van der Waals surface area contributed by atoms with Gasteiger partial charge in [-0.3, -0.25) is 4.79 Å². The largest absolute Gasteiger partial charge is 0.494 e. The van der Waals surface area contributed by atoms with Gasteiger partial charge in [-0.2, -0.15) is 0 Å². The fourth-order valence-corrected chi connectivity index (χ4v) is 2.68. The van der Waals surface area contributed by atoms with Crippen LogP contribution >= 0.6 is 0 Å². The summed E-state index contributed by atoms with van der Waals surface area (Å²) in [6.45, 7) is 5.09.